The van der Waals surface area contributed by atoms with Gasteiger partial charge in [0.25, 0.3) is 0 Å². The summed E-state index contributed by atoms with van der Waals surface area (Å²) >= 11 is 0. The summed E-state index contributed by atoms with van der Waals surface area (Å²) in [6, 6.07) is 4.16. The fourth-order valence-electron chi connectivity index (χ4n) is 2.18. The monoisotopic (exact) mass is 270 g/mol. The number of benzene rings is 1. The molecule has 4 heteroatoms. The summed E-state index contributed by atoms with van der Waals surface area (Å²) in [6.45, 7) is 10.1. The molecular formula is C15H24F2N2. The summed E-state index contributed by atoms with van der Waals surface area (Å²) in [4.78, 5) is 2.12. The van der Waals surface area contributed by atoms with E-state index in [-0.39, 0.29) is 11.5 Å². The summed E-state index contributed by atoms with van der Waals surface area (Å²) in [5, 5.41) is 0. The van der Waals surface area contributed by atoms with Gasteiger partial charge in [0.1, 0.15) is 0 Å². The minimum Gasteiger partial charge on any atom is -0.330 e. The molecule has 19 heavy (non-hydrogen) atoms. The van der Waals surface area contributed by atoms with Crippen molar-refractivity contribution in [3.8, 4) is 0 Å². The van der Waals surface area contributed by atoms with Crippen LogP contribution in [0.5, 0.6) is 0 Å². The van der Waals surface area contributed by atoms with Crippen LogP contribution < -0.4 is 5.73 Å². The maximum atomic E-state index is 13.8. The second-order valence-corrected chi connectivity index (χ2v) is 5.75. The van der Waals surface area contributed by atoms with E-state index in [0.29, 0.717) is 12.1 Å². The number of hydrogen-bond donors (Lipinski definition) is 1. The van der Waals surface area contributed by atoms with Crippen LogP contribution in [0, 0.1) is 17.0 Å². The van der Waals surface area contributed by atoms with E-state index in [4.69, 9.17) is 5.73 Å². The zero-order valence-corrected chi connectivity index (χ0v) is 12.2. The highest BCUT2D eigenvalue weighted by Crippen LogP contribution is 2.27. The van der Waals surface area contributed by atoms with Crippen molar-refractivity contribution in [1.29, 1.82) is 0 Å². The van der Waals surface area contributed by atoms with Gasteiger partial charge in [-0.2, -0.15) is 0 Å². The molecule has 2 nitrogen and oxygen atoms in total. The summed E-state index contributed by atoms with van der Waals surface area (Å²) in [5.41, 5.74) is 6.09. The molecule has 0 aliphatic heterocycles. The molecule has 1 unspecified atom stereocenters. The first-order chi connectivity index (χ1) is 8.82. The third-order valence-corrected chi connectivity index (χ3v) is 3.57. The molecule has 1 aromatic rings. The first-order valence-corrected chi connectivity index (χ1v) is 6.70. The zero-order chi connectivity index (χ0) is 14.6. The number of halogens is 2. The van der Waals surface area contributed by atoms with Crippen molar-refractivity contribution in [2.45, 2.75) is 33.7 Å². The molecule has 0 heterocycles. The molecule has 108 valence electrons. The van der Waals surface area contributed by atoms with Crippen molar-refractivity contribution in [3.63, 3.8) is 0 Å². The largest absolute Gasteiger partial charge is 0.330 e. The fourth-order valence-corrected chi connectivity index (χ4v) is 2.18. The average molecular weight is 270 g/mol. The molecule has 0 radical (unpaired) electrons. The Morgan fingerprint density at radius 2 is 1.95 bits per heavy atom. The molecule has 0 bridgehead atoms. The number of nitrogens with two attached hydrogens (primary N) is 1. The van der Waals surface area contributed by atoms with E-state index < -0.39 is 11.6 Å². The van der Waals surface area contributed by atoms with Crippen LogP contribution in [0.25, 0.3) is 0 Å². The maximum absolute atomic E-state index is 13.8. The van der Waals surface area contributed by atoms with E-state index in [1.807, 2.05) is 13.8 Å². The van der Waals surface area contributed by atoms with Gasteiger partial charge >= 0.3 is 0 Å². The molecule has 1 aromatic carbocycles. The molecule has 0 amide bonds. The third-order valence-electron chi connectivity index (χ3n) is 3.57. The first-order valence-electron chi connectivity index (χ1n) is 6.70. The van der Waals surface area contributed by atoms with E-state index in [0.717, 1.165) is 19.2 Å². The van der Waals surface area contributed by atoms with Crippen molar-refractivity contribution in [2.75, 3.05) is 19.6 Å². The predicted octanol–water partition coefficient (Wildman–Crippen LogP) is 3.33. The van der Waals surface area contributed by atoms with Crippen molar-refractivity contribution in [1.82, 2.24) is 4.90 Å². The van der Waals surface area contributed by atoms with Crippen LogP contribution in [0.15, 0.2) is 18.2 Å². The van der Waals surface area contributed by atoms with Gasteiger partial charge in [0.2, 0.25) is 0 Å². The minimum absolute atomic E-state index is 0.0475. The van der Waals surface area contributed by atoms with Gasteiger partial charge in [-0.1, -0.05) is 32.9 Å². The summed E-state index contributed by atoms with van der Waals surface area (Å²) in [7, 11) is 0. The van der Waals surface area contributed by atoms with E-state index >= 15 is 0 Å². The molecule has 0 aliphatic carbocycles. The Hall–Kier alpha value is -1.00. The zero-order valence-electron chi connectivity index (χ0n) is 12.2. The van der Waals surface area contributed by atoms with Crippen molar-refractivity contribution in [2.24, 2.45) is 11.1 Å². The van der Waals surface area contributed by atoms with Gasteiger partial charge < -0.3 is 5.73 Å². The Morgan fingerprint density at radius 1 is 1.32 bits per heavy atom. The van der Waals surface area contributed by atoms with Gasteiger partial charge in [-0.15, -0.1) is 0 Å². The lowest BCUT2D eigenvalue weighted by atomic mass is 9.91. The number of rotatable bonds is 6. The average Bonchev–Trinajstić information content (AvgIpc) is 2.38. The summed E-state index contributed by atoms with van der Waals surface area (Å²) < 4.78 is 27.1. The molecule has 1 atom stereocenters. The molecular weight excluding hydrogens is 246 g/mol. The highest BCUT2D eigenvalue weighted by atomic mass is 19.2. The molecule has 0 aliphatic rings. The van der Waals surface area contributed by atoms with Gasteiger partial charge in [-0.3, -0.25) is 4.90 Å². The van der Waals surface area contributed by atoms with Crippen LogP contribution in [-0.2, 0) is 0 Å². The Kier molecular flexibility index (Phi) is 5.44. The molecule has 2 N–H and O–H groups in total. The topological polar surface area (TPSA) is 29.3 Å². The maximum Gasteiger partial charge on any atom is 0.163 e. The Morgan fingerprint density at radius 3 is 2.47 bits per heavy atom. The fraction of sp³-hybridized carbons (Fsp3) is 0.600. The second-order valence-electron chi connectivity index (χ2n) is 5.75. The highest BCUT2D eigenvalue weighted by molar-refractivity contribution is 5.22. The van der Waals surface area contributed by atoms with E-state index in [1.165, 1.54) is 0 Å². The lowest BCUT2D eigenvalue weighted by Crippen LogP contribution is -2.40. The molecule has 0 spiro atoms. The van der Waals surface area contributed by atoms with Crippen LogP contribution in [-0.4, -0.2) is 24.5 Å². The number of hydrogen-bond acceptors (Lipinski definition) is 2. The Balaban J connectivity index is 2.95. The Labute approximate surface area is 114 Å². The van der Waals surface area contributed by atoms with E-state index in [9.17, 15) is 8.78 Å². The molecule has 0 aromatic heterocycles. The standard InChI is InChI=1S/C15H24F2N2/c1-5-19(10-15(3,4)9-18)11(2)12-7-6-8-13(16)14(12)17/h6-8,11H,5,9-10,18H2,1-4H3. The van der Waals surface area contributed by atoms with Crippen LogP contribution in [0.3, 0.4) is 0 Å². The lowest BCUT2D eigenvalue weighted by Gasteiger charge is -2.35. The minimum atomic E-state index is -0.793. The lowest BCUT2D eigenvalue weighted by molar-refractivity contribution is 0.145. The highest BCUT2D eigenvalue weighted by Gasteiger charge is 2.25. The van der Waals surface area contributed by atoms with Gasteiger partial charge in [-0.25, -0.2) is 8.78 Å². The van der Waals surface area contributed by atoms with Crippen LogP contribution in [0.2, 0.25) is 0 Å². The normalized spacial score (nSPS) is 13.9. The first kappa shape index (κ1) is 16.1. The van der Waals surface area contributed by atoms with Gasteiger partial charge in [0.05, 0.1) is 0 Å². The van der Waals surface area contributed by atoms with Crippen molar-refractivity contribution < 1.29 is 8.78 Å². The van der Waals surface area contributed by atoms with E-state index in [1.54, 1.807) is 12.1 Å². The predicted molar refractivity (Wildman–Crippen MR) is 74.9 cm³/mol. The SMILES string of the molecule is CCN(CC(C)(C)CN)C(C)c1cccc(F)c1F. The van der Waals surface area contributed by atoms with E-state index in [2.05, 4.69) is 18.7 Å². The van der Waals surface area contributed by atoms with Crippen LogP contribution in [0.1, 0.15) is 39.3 Å². The summed E-state index contributed by atoms with van der Waals surface area (Å²) in [6.07, 6.45) is 0. The summed E-state index contributed by atoms with van der Waals surface area (Å²) in [5.74, 6) is -1.54. The molecule has 1 rings (SSSR count). The van der Waals surface area contributed by atoms with Crippen LogP contribution >= 0.6 is 0 Å². The Bertz CT molecular complexity index is 419. The van der Waals surface area contributed by atoms with Gasteiger partial charge in [0, 0.05) is 18.2 Å². The second kappa shape index (κ2) is 6.44. The smallest absolute Gasteiger partial charge is 0.163 e. The number of nitrogens with zero attached hydrogens (tertiary/aromatic N) is 1. The molecule has 0 saturated carbocycles. The van der Waals surface area contributed by atoms with Crippen LogP contribution in [0.4, 0.5) is 8.78 Å². The quantitative estimate of drug-likeness (QED) is 0.859. The molecule has 0 saturated heterocycles. The van der Waals surface area contributed by atoms with Gasteiger partial charge in [-0.05, 0) is 31.5 Å². The third kappa shape index (κ3) is 3.98. The molecule has 0 fully saturated rings. The van der Waals surface area contributed by atoms with Crippen molar-refractivity contribution >= 4 is 0 Å². The van der Waals surface area contributed by atoms with Gasteiger partial charge in [0.15, 0.2) is 11.6 Å². The van der Waals surface area contributed by atoms with Crippen molar-refractivity contribution in [3.05, 3.63) is 35.4 Å².